The zero-order valence-electron chi connectivity index (χ0n) is 24.5. The molecule has 1 aromatic heterocycles. The summed E-state index contributed by atoms with van der Waals surface area (Å²) in [5, 5.41) is 1.84. The molecule has 1 aliphatic rings. The topological polar surface area (TPSA) is 93.1 Å². The highest BCUT2D eigenvalue weighted by Crippen LogP contribution is 2.40. The monoisotopic (exact) mass is 646 g/mol. The highest BCUT2D eigenvalue weighted by Gasteiger charge is 2.35. The minimum atomic E-state index is -4.92. The van der Waals surface area contributed by atoms with Gasteiger partial charge in [-0.1, -0.05) is 6.07 Å². The highest BCUT2D eigenvalue weighted by atomic mass is 19.4. The van der Waals surface area contributed by atoms with Crippen LogP contribution in [-0.4, -0.2) is 66.6 Å². The number of rotatable bonds is 8. The van der Waals surface area contributed by atoms with E-state index in [1.54, 1.807) is 13.8 Å². The molecule has 0 radical (unpaired) electrons. The third-order valence-corrected chi connectivity index (χ3v) is 7.45. The quantitative estimate of drug-likeness (QED) is 0.277. The molecule has 1 fully saturated rings. The fraction of sp³-hybridized carbons (Fsp3) is 0.414. The molecule has 2 aromatic carbocycles. The summed E-state index contributed by atoms with van der Waals surface area (Å²) in [6.45, 7) is 3.18. The normalized spacial score (nSPS) is 17.4. The molecule has 2 heterocycles. The maximum Gasteiger partial charge on any atom is 0.573 e. The number of aromatic nitrogens is 1. The lowest BCUT2D eigenvalue weighted by molar-refractivity contribution is -0.274. The van der Waals surface area contributed by atoms with Crippen LogP contribution in [0.2, 0.25) is 0 Å². The Hall–Kier alpha value is -4.50. The number of nitrogens with one attached hydrogen (secondary N) is 1. The Bertz CT molecular complexity index is 1660. The van der Waals surface area contributed by atoms with Crippen molar-refractivity contribution < 1.29 is 49.8 Å². The summed E-state index contributed by atoms with van der Waals surface area (Å²) in [6.07, 6.45) is -8.38. The van der Waals surface area contributed by atoms with Crippen molar-refractivity contribution in [3.63, 3.8) is 0 Å². The molecule has 1 aliphatic heterocycles. The van der Waals surface area contributed by atoms with Gasteiger partial charge in [0.05, 0.1) is 18.0 Å². The molecule has 0 bridgehead atoms. The van der Waals surface area contributed by atoms with E-state index in [1.165, 1.54) is 22.8 Å². The molecule has 2 atom stereocenters. The van der Waals surface area contributed by atoms with Crippen LogP contribution in [0, 0.1) is 12.7 Å². The van der Waals surface area contributed by atoms with Gasteiger partial charge in [0.1, 0.15) is 23.5 Å². The number of methoxy groups -OCH3 is 1. The van der Waals surface area contributed by atoms with Gasteiger partial charge in [0.2, 0.25) is 11.8 Å². The minimum Gasteiger partial charge on any atom is -0.492 e. The van der Waals surface area contributed by atoms with E-state index in [-0.39, 0.29) is 48.7 Å². The highest BCUT2D eigenvalue weighted by molar-refractivity contribution is 5.99. The SMILES string of the molecule is COc1c(N2CC(C)N(C=O)C(C)C2)c(F)cc2c(=O)c(C(=O)NCc3ccc(OC(F)(F)F)cc3C)cn(CC(F)(F)F)c12. The maximum absolute atomic E-state index is 15.8. The average Bonchev–Trinajstić information content (AvgIpc) is 2.91. The van der Waals surface area contributed by atoms with Crippen molar-refractivity contribution in [1.29, 1.82) is 0 Å². The molecule has 45 heavy (non-hydrogen) atoms. The van der Waals surface area contributed by atoms with E-state index >= 15 is 4.39 Å². The maximum atomic E-state index is 15.8. The summed E-state index contributed by atoms with van der Waals surface area (Å²) in [7, 11) is 1.11. The molecule has 0 spiro atoms. The van der Waals surface area contributed by atoms with E-state index in [0.717, 1.165) is 25.3 Å². The van der Waals surface area contributed by atoms with Gasteiger partial charge in [-0.05, 0) is 50.1 Å². The predicted octanol–water partition coefficient (Wildman–Crippen LogP) is 4.90. The van der Waals surface area contributed by atoms with Gasteiger partial charge in [-0.15, -0.1) is 13.2 Å². The van der Waals surface area contributed by atoms with E-state index in [4.69, 9.17) is 4.74 Å². The lowest BCUT2D eigenvalue weighted by Gasteiger charge is -2.44. The third-order valence-electron chi connectivity index (χ3n) is 7.45. The Labute approximate surface area is 252 Å². The van der Waals surface area contributed by atoms with E-state index in [0.29, 0.717) is 28.3 Å². The van der Waals surface area contributed by atoms with E-state index in [9.17, 15) is 40.7 Å². The van der Waals surface area contributed by atoms with Crippen LogP contribution in [0.3, 0.4) is 0 Å². The van der Waals surface area contributed by atoms with Crippen molar-refractivity contribution in [3.05, 3.63) is 63.2 Å². The van der Waals surface area contributed by atoms with Crippen LogP contribution in [0.5, 0.6) is 11.5 Å². The number of ether oxygens (including phenoxy) is 2. The van der Waals surface area contributed by atoms with Crippen LogP contribution in [0.4, 0.5) is 36.4 Å². The molecule has 9 nitrogen and oxygen atoms in total. The van der Waals surface area contributed by atoms with Gasteiger partial charge < -0.3 is 29.2 Å². The van der Waals surface area contributed by atoms with Crippen LogP contribution in [0.1, 0.15) is 35.3 Å². The lowest BCUT2D eigenvalue weighted by atomic mass is 10.0. The Morgan fingerprint density at radius 2 is 1.73 bits per heavy atom. The molecule has 0 saturated carbocycles. The van der Waals surface area contributed by atoms with Crippen molar-refractivity contribution >= 4 is 28.9 Å². The van der Waals surface area contributed by atoms with Crippen molar-refractivity contribution in [3.8, 4) is 11.5 Å². The number of carbonyl (C=O) groups is 2. The molecule has 16 heteroatoms. The van der Waals surface area contributed by atoms with Crippen LogP contribution in [-0.2, 0) is 17.9 Å². The van der Waals surface area contributed by atoms with Crippen molar-refractivity contribution in [1.82, 2.24) is 14.8 Å². The lowest BCUT2D eigenvalue weighted by Crippen LogP contribution is -2.56. The molecule has 2 unspecified atom stereocenters. The molecule has 0 aliphatic carbocycles. The second-order valence-corrected chi connectivity index (χ2v) is 10.7. The molecule has 1 saturated heterocycles. The van der Waals surface area contributed by atoms with E-state index < -0.39 is 52.9 Å². The number of pyridine rings is 1. The summed E-state index contributed by atoms with van der Waals surface area (Å²) in [4.78, 5) is 41.1. The van der Waals surface area contributed by atoms with Crippen LogP contribution in [0.15, 0.2) is 35.3 Å². The number of hydrogen-bond donors (Lipinski definition) is 1. The first-order valence-electron chi connectivity index (χ1n) is 13.6. The Kier molecular flexibility index (Phi) is 9.26. The first-order valence-corrected chi connectivity index (χ1v) is 13.6. The van der Waals surface area contributed by atoms with Gasteiger partial charge in [0.25, 0.3) is 5.91 Å². The first-order chi connectivity index (χ1) is 20.9. The fourth-order valence-electron chi connectivity index (χ4n) is 5.52. The van der Waals surface area contributed by atoms with Crippen LogP contribution >= 0.6 is 0 Å². The molecular formula is C29H29F7N4O5. The number of piperazine rings is 1. The van der Waals surface area contributed by atoms with Gasteiger partial charge in [0, 0.05) is 37.9 Å². The second-order valence-electron chi connectivity index (χ2n) is 10.7. The fourth-order valence-corrected chi connectivity index (χ4v) is 5.52. The van der Waals surface area contributed by atoms with Crippen LogP contribution < -0.4 is 25.1 Å². The van der Waals surface area contributed by atoms with Crippen molar-refractivity contribution in [2.45, 2.75) is 58.5 Å². The van der Waals surface area contributed by atoms with Gasteiger partial charge in [0.15, 0.2) is 11.6 Å². The Morgan fingerprint density at radius 3 is 2.27 bits per heavy atom. The van der Waals surface area contributed by atoms with Gasteiger partial charge in [-0.25, -0.2) is 4.39 Å². The van der Waals surface area contributed by atoms with Gasteiger partial charge in [-0.3, -0.25) is 14.4 Å². The summed E-state index contributed by atoms with van der Waals surface area (Å²) < 4.78 is 104. The molecule has 2 amide bonds. The van der Waals surface area contributed by atoms with Crippen molar-refractivity contribution in [2.24, 2.45) is 0 Å². The molecule has 3 aromatic rings. The largest absolute Gasteiger partial charge is 0.573 e. The minimum absolute atomic E-state index is 0.120. The smallest absolute Gasteiger partial charge is 0.492 e. The molecule has 244 valence electrons. The summed E-state index contributed by atoms with van der Waals surface area (Å²) in [5.41, 5.74) is -1.75. The second kappa shape index (κ2) is 12.5. The first kappa shape index (κ1) is 33.4. The number of carbonyl (C=O) groups excluding carboxylic acids is 2. The third kappa shape index (κ3) is 7.26. The van der Waals surface area contributed by atoms with E-state index in [1.807, 2.05) is 0 Å². The average molecular weight is 647 g/mol. The van der Waals surface area contributed by atoms with Gasteiger partial charge >= 0.3 is 12.5 Å². The number of fused-ring (bicyclic) bond motifs is 1. The number of nitrogens with zero attached hydrogens (tertiary/aromatic N) is 3. The summed E-state index contributed by atoms with van der Waals surface area (Å²) in [6, 6.07) is 3.33. The standard InChI is InChI=1S/C29H29F7N4O5/c1-15-7-19(45-29(34,35)36)6-5-18(15)9-37-27(43)21-12-39(13-28(31,32)33)23-20(25(21)42)8-22(30)24(26(23)44-4)38-10-16(2)40(14-41)17(3)11-38/h5-8,12,14,16-17H,9-11,13H2,1-4H3,(H,37,43). The molecular weight excluding hydrogens is 617 g/mol. The summed E-state index contributed by atoms with van der Waals surface area (Å²) >= 11 is 0. The number of benzene rings is 2. The van der Waals surface area contributed by atoms with Crippen molar-refractivity contribution in [2.75, 3.05) is 25.1 Å². The van der Waals surface area contributed by atoms with Gasteiger partial charge in [-0.2, -0.15) is 13.2 Å². The Morgan fingerprint density at radius 1 is 1.09 bits per heavy atom. The number of halogens is 7. The number of aryl methyl sites for hydroxylation is 1. The predicted molar refractivity (Wildman–Crippen MR) is 149 cm³/mol. The number of anilines is 1. The van der Waals surface area contributed by atoms with E-state index in [2.05, 4.69) is 10.1 Å². The molecule has 4 rings (SSSR count). The number of hydrogen-bond acceptors (Lipinski definition) is 6. The number of amides is 2. The summed E-state index contributed by atoms with van der Waals surface area (Å²) in [5.74, 6) is -2.93. The van der Waals surface area contributed by atoms with Crippen LogP contribution in [0.25, 0.3) is 10.9 Å². The zero-order chi connectivity index (χ0) is 33.4. The molecule has 1 N–H and O–H groups in total. The number of alkyl halides is 6. The zero-order valence-corrected chi connectivity index (χ0v) is 24.5. The Balaban J connectivity index is 1.76.